The van der Waals surface area contributed by atoms with Crippen LogP contribution in [0.3, 0.4) is 0 Å². The summed E-state index contributed by atoms with van der Waals surface area (Å²) in [6, 6.07) is 6.03. The standard InChI is InChI=1S/C14H21N3O/c1-4-9(2)10(3)17-13-6-5-11(15)7-12(13)16-14(17)8-18/h5-7,9-10,18H,4,8,15H2,1-3H3. The molecule has 98 valence electrons. The van der Waals surface area contributed by atoms with E-state index >= 15 is 0 Å². The highest BCUT2D eigenvalue weighted by Gasteiger charge is 2.19. The van der Waals surface area contributed by atoms with Crippen molar-refractivity contribution in [1.29, 1.82) is 0 Å². The van der Waals surface area contributed by atoms with Crippen molar-refractivity contribution < 1.29 is 5.11 Å². The number of nitrogens with zero attached hydrogens (tertiary/aromatic N) is 2. The highest BCUT2D eigenvalue weighted by Crippen LogP contribution is 2.28. The topological polar surface area (TPSA) is 64.1 Å². The maximum absolute atomic E-state index is 9.48. The zero-order valence-corrected chi connectivity index (χ0v) is 11.2. The van der Waals surface area contributed by atoms with Crippen molar-refractivity contribution >= 4 is 16.7 Å². The molecule has 0 aliphatic rings. The van der Waals surface area contributed by atoms with Crippen molar-refractivity contribution in [1.82, 2.24) is 9.55 Å². The number of anilines is 1. The summed E-state index contributed by atoms with van der Waals surface area (Å²) in [5.41, 5.74) is 8.38. The summed E-state index contributed by atoms with van der Waals surface area (Å²) in [7, 11) is 0. The second kappa shape index (κ2) is 4.98. The minimum absolute atomic E-state index is 0.0463. The van der Waals surface area contributed by atoms with Crippen LogP contribution in [0.25, 0.3) is 11.0 Å². The van der Waals surface area contributed by atoms with Gasteiger partial charge in [-0.25, -0.2) is 4.98 Å². The average molecular weight is 247 g/mol. The Morgan fingerprint density at radius 3 is 2.72 bits per heavy atom. The SMILES string of the molecule is CCC(C)C(C)n1c(CO)nc2cc(N)ccc21. The highest BCUT2D eigenvalue weighted by molar-refractivity contribution is 5.79. The lowest BCUT2D eigenvalue weighted by Crippen LogP contribution is -2.16. The summed E-state index contributed by atoms with van der Waals surface area (Å²) in [5, 5.41) is 9.48. The molecular formula is C14H21N3O. The lowest BCUT2D eigenvalue weighted by molar-refractivity contribution is 0.254. The van der Waals surface area contributed by atoms with E-state index in [2.05, 4.69) is 30.3 Å². The smallest absolute Gasteiger partial charge is 0.135 e. The van der Waals surface area contributed by atoms with Crippen LogP contribution in [0.2, 0.25) is 0 Å². The quantitative estimate of drug-likeness (QED) is 0.816. The van der Waals surface area contributed by atoms with E-state index in [9.17, 15) is 5.11 Å². The van der Waals surface area contributed by atoms with Crippen molar-refractivity contribution in [3.05, 3.63) is 24.0 Å². The normalized spacial score (nSPS) is 14.9. The Hall–Kier alpha value is -1.55. The number of aliphatic hydroxyl groups excluding tert-OH is 1. The maximum Gasteiger partial charge on any atom is 0.135 e. The number of fused-ring (bicyclic) bond motifs is 1. The number of aliphatic hydroxyl groups is 1. The zero-order valence-electron chi connectivity index (χ0n) is 11.2. The van der Waals surface area contributed by atoms with Gasteiger partial charge >= 0.3 is 0 Å². The molecule has 4 nitrogen and oxygen atoms in total. The number of hydrogen-bond donors (Lipinski definition) is 2. The summed E-state index contributed by atoms with van der Waals surface area (Å²) >= 11 is 0. The predicted octanol–water partition coefficient (Wildman–Crippen LogP) is 2.72. The van der Waals surface area contributed by atoms with Gasteiger partial charge in [0.15, 0.2) is 0 Å². The van der Waals surface area contributed by atoms with Gasteiger partial charge in [-0.2, -0.15) is 0 Å². The molecule has 0 radical (unpaired) electrons. The average Bonchev–Trinajstić information content (AvgIpc) is 2.74. The van der Waals surface area contributed by atoms with Gasteiger partial charge in [0.25, 0.3) is 0 Å². The molecule has 2 aromatic rings. The molecule has 0 spiro atoms. The number of imidazole rings is 1. The molecule has 2 rings (SSSR count). The van der Waals surface area contributed by atoms with Crippen LogP contribution in [0.1, 0.15) is 39.1 Å². The molecule has 3 N–H and O–H groups in total. The first-order valence-electron chi connectivity index (χ1n) is 6.45. The van der Waals surface area contributed by atoms with Crippen LogP contribution >= 0.6 is 0 Å². The van der Waals surface area contributed by atoms with Crippen LogP contribution in [0.4, 0.5) is 5.69 Å². The molecule has 4 heteroatoms. The third kappa shape index (κ3) is 2.08. The van der Waals surface area contributed by atoms with Gasteiger partial charge in [0.05, 0.1) is 11.0 Å². The van der Waals surface area contributed by atoms with Crippen LogP contribution in [0.15, 0.2) is 18.2 Å². The zero-order chi connectivity index (χ0) is 13.3. The number of benzene rings is 1. The van der Waals surface area contributed by atoms with Gasteiger partial charge in [-0.05, 0) is 31.0 Å². The van der Waals surface area contributed by atoms with E-state index in [1.807, 2.05) is 18.2 Å². The molecule has 1 heterocycles. The Balaban J connectivity index is 2.60. The predicted molar refractivity (Wildman–Crippen MR) is 74.2 cm³/mol. The lowest BCUT2D eigenvalue weighted by Gasteiger charge is -2.22. The van der Waals surface area contributed by atoms with E-state index < -0.39 is 0 Å². The summed E-state index contributed by atoms with van der Waals surface area (Å²) < 4.78 is 2.13. The summed E-state index contributed by atoms with van der Waals surface area (Å²) in [4.78, 5) is 4.46. The Morgan fingerprint density at radius 2 is 2.11 bits per heavy atom. The molecule has 0 saturated carbocycles. The Morgan fingerprint density at radius 1 is 1.39 bits per heavy atom. The molecule has 2 atom stereocenters. The number of aromatic nitrogens is 2. The first kappa shape index (κ1) is 12.9. The molecule has 0 bridgehead atoms. The maximum atomic E-state index is 9.48. The summed E-state index contributed by atoms with van der Waals surface area (Å²) in [6.07, 6.45) is 1.10. The minimum atomic E-state index is -0.0463. The van der Waals surface area contributed by atoms with E-state index in [1.165, 1.54) is 0 Å². The van der Waals surface area contributed by atoms with Gasteiger partial charge in [0.2, 0.25) is 0 Å². The van der Waals surface area contributed by atoms with E-state index in [0.29, 0.717) is 23.5 Å². The minimum Gasteiger partial charge on any atom is -0.399 e. The lowest BCUT2D eigenvalue weighted by atomic mass is 10.0. The second-order valence-corrected chi connectivity index (χ2v) is 4.93. The molecule has 18 heavy (non-hydrogen) atoms. The molecule has 0 amide bonds. The van der Waals surface area contributed by atoms with Gasteiger partial charge < -0.3 is 15.4 Å². The van der Waals surface area contributed by atoms with Gasteiger partial charge in [-0.3, -0.25) is 0 Å². The molecule has 0 aliphatic carbocycles. The third-order valence-electron chi connectivity index (χ3n) is 3.80. The third-order valence-corrected chi connectivity index (χ3v) is 3.80. The molecule has 0 saturated heterocycles. The summed E-state index contributed by atoms with van der Waals surface area (Å²) in [6.45, 7) is 6.52. The fourth-order valence-corrected chi connectivity index (χ4v) is 2.33. The highest BCUT2D eigenvalue weighted by atomic mass is 16.3. The monoisotopic (exact) mass is 247 g/mol. The van der Waals surface area contributed by atoms with Crippen LogP contribution in [-0.2, 0) is 6.61 Å². The van der Waals surface area contributed by atoms with Crippen molar-refractivity contribution in [3.63, 3.8) is 0 Å². The largest absolute Gasteiger partial charge is 0.399 e. The Labute approximate surface area is 107 Å². The van der Waals surface area contributed by atoms with E-state index in [4.69, 9.17) is 5.73 Å². The molecule has 0 aliphatic heterocycles. The molecular weight excluding hydrogens is 226 g/mol. The van der Waals surface area contributed by atoms with Crippen molar-refractivity contribution in [3.8, 4) is 0 Å². The Bertz CT molecular complexity index is 547. The summed E-state index contributed by atoms with van der Waals surface area (Å²) in [5.74, 6) is 1.24. The van der Waals surface area contributed by atoms with Crippen LogP contribution in [0.5, 0.6) is 0 Å². The van der Waals surface area contributed by atoms with E-state index in [0.717, 1.165) is 17.5 Å². The van der Waals surface area contributed by atoms with E-state index in [1.54, 1.807) is 0 Å². The second-order valence-electron chi connectivity index (χ2n) is 4.93. The van der Waals surface area contributed by atoms with Crippen LogP contribution in [0, 0.1) is 5.92 Å². The van der Waals surface area contributed by atoms with Crippen LogP contribution in [-0.4, -0.2) is 14.7 Å². The first-order valence-corrected chi connectivity index (χ1v) is 6.45. The molecule has 1 aromatic heterocycles. The van der Waals surface area contributed by atoms with Gasteiger partial charge in [-0.1, -0.05) is 20.3 Å². The first-order chi connectivity index (χ1) is 8.58. The van der Waals surface area contributed by atoms with Crippen molar-refractivity contribution in [2.24, 2.45) is 5.92 Å². The number of nitrogen functional groups attached to an aromatic ring is 1. The van der Waals surface area contributed by atoms with E-state index in [-0.39, 0.29) is 6.61 Å². The molecule has 0 fully saturated rings. The molecule has 2 unspecified atom stereocenters. The van der Waals surface area contributed by atoms with Crippen molar-refractivity contribution in [2.45, 2.75) is 39.8 Å². The van der Waals surface area contributed by atoms with Crippen LogP contribution < -0.4 is 5.73 Å². The fraction of sp³-hybridized carbons (Fsp3) is 0.500. The van der Waals surface area contributed by atoms with Gasteiger partial charge in [0, 0.05) is 11.7 Å². The van der Waals surface area contributed by atoms with Gasteiger partial charge in [-0.15, -0.1) is 0 Å². The number of rotatable bonds is 4. The number of nitrogens with two attached hydrogens (primary N) is 1. The number of hydrogen-bond acceptors (Lipinski definition) is 3. The van der Waals surface area contributed by atoms with Crippen molar-refractivity contribution in [2.75, 3.05) is 5.73 Å². The molecule has 1 aromatic carbocycles. The fourth-order valence-electron chi connectivity index (χ4n) is 2.33. The Kier molecular flexibility index (Phi) is 3.57. The van der Waals surface area contributed by atoms with Gasteiger partial charge in [0.1, 0.15) is 12.4 Å².